The van der Waals surface area contributed by atoms with E-state index in [4.69, 9.17) is 4.74 Å². The lowest BCUT2D eigenvalue weighted by atomic mass is 10.2. The molecule has 1 saturated heterocycles. The molecule has 2 aromatic rings. The summed E-state index contributed by atoms with van der Waals surface area (Å²) < 4.78 is 30.9. The fraction of sp³-hybridized carbons (Fsp3) is 0.421. The van der Waals surface area contributed by atoms with E-state index >= 15 is 0 Å². The van der Waals surface area contributed by atoms with Crippen LogP contribution in [0.2, 0.25) is 0 Å². The van der Waals surface area contributed by atoms with E-state index in [1.54, 1.807) is 12.3 Å². The topological polar surface area (TPSA) is 105 Å². The number of anilines is 2. The predicted molar refractivity (Wildman–Crippen MR) is 110 cm³/mol. The molecule has 0 radical (unpaired) electrons. The summed E-state index contributed by atoms with van der Waals surface area (Å²) in [7, 11) is -0.788. The van der Waals surface area contributed by atoms with Gasteiger partial charge in [-0.2, -0.15) is 0 Å². The van der Waals surface area contributed by atoms with E-state index in [-0.39, 0.29) is 22.8 Å². The number of rotatable bonds is 5. The van der Waals surface area contributed by atoms with Gasteiger partial charge in [-0.25, -0.2) is 22.7 Å². The van der Waals surface area contributed by atoms with Crippen molar-refractivity contribution in [3.05, 3.63) is 42.2 Å². The largest absolute Gasteiger partial charge is 0.372 e. The molecule has 1 fully saturated rings. The lowest BCUT2D eigenvalue weighted by Gasteiger charge is -2.36. The van der Waals surface area contributed by atoms with Gasteiger partial charge in [0.15, 0.2) is 5.03 Å². The summed E-state index contributed by atoms with van der Waals surface area (Å²) in [5, 5.41) is 2.63. The number of aromatic nitrogens is 2. The van der Waals surface area contributed by atoms with E-state index < -0.39 is 15.9 Å². The lowest BCUT2D eigenvalue weighted by Crippen LogP contribution is -2.45. The van der Waals surface area contributed by atoms with Crippen molar-refractivity contribution in [3.63, 3.8) is 0 Å². The second-order valence-electron chi connectivity index (χ2n) is 7.19. The SMILES string of the molecule is CC1CN(c2ccc(NC(=O)c3ccc(S(=O)(=O)N(C)C)nc3)cn2)CC(C)O1. The van der Waals surface area contributed by atoms with Gasteiger partial charge >= 0.3 is 0 Å². The molecule has 0 saturated carbocycles. The highest BCUT2D eigenvalue weighted by Gasteiger charge is 2.23. The zero-order chi connectivity index (χ0) is 21.2. The molecule has 1 N–H and O–H groups in total. The number of sulfonamides is 1. The fourth-order valence-electron chi connectivity index (χ4n) is 3.07. The van der Waals surface area contributed by atoms with E-state index in [0.717, 1.165) is 23.2 Å². The Morgan fingerprint density at radius 1 is 1.10 bits per heavy atom. The van der Waals surface area contributed by atoms with Crippen LogP contribution in [0.25, 0.3) is 0 Å². The van der Waals surface area contributed by atoms with E-state index in [0.29, 0.717) is 5.69 Å². The molecule has 1 amide bonds. The Balaban J connectivity index is 1.66. The van der Waals surface area contributed by atoms with Crippen molar-refractivity contribution >= 4 is 27.4 Å². The molecule has 1 aliphatic rings. The van der Waals surface area contributed by atoms with Crippen LogP contribution in [0, 0.1) is 0 Å². The van der Waals surface area contributed by atoms with Gasteiger partial charge in [0.05, 0.1) is 29.7 Å². The minimum absolute atomic E-state index is 0.112. The van der Waals surface area contributed by atoms with Gasteiger partial charge in [-0.1, -0.05) is 0 Å². The number of nitrogens with zero attached hydrogens (tertiary/aromatic N) is 4. The van der Waals surface area contributed by atoms with Crippen molar-refractivity contribution in [2.75, 3.05) is 37.4 Å². The minimum atomic E-state index is -3.63. The molecule has 156 valence electrons. The third-order valence-electron chi connectivity index (χ3n) is 4.49. The van der Waals surface area contributed by atoms with Crippen LogP contribution >= 0.6 is 0 Å². The zero-order valence-corrected chi connectivity index (χ0v) is 17.7. The molecular weight excluding hydrogens is 394 g/mol. The van der Waals surface area contributed by atoms with Crippen LogP contribution < -0.4 is 10.2 Å². The Morgan fingerprint density at radius 2 is 1.79 bits per heavy atom. The van der Waals surface area contributed by atoms with Crippen LogP contribution in [0.4, 0.5) is 11.5 Å². The average molecular weight is 420 g/mol. The number of amides is 1. The molecule has 0 aliphatic carbocycles. The van der Waals surface area contributed by atoms with Gasteiger partial charge < -0.3 is 15.0 Å². The number of carbonyl (C=O) groups is 1. The van der Waals surface area contributed by atoms with Gasteiger partial charge in [0.25, 0.3) is 15.9 Å². The molecule has 10 heteroatoms. The first kappa shape index (κ1) is 21.2. The standard InChI is InChI=1S/C19H25N5O4S/c1-13-11-24(12-14(2)28-13)17-7-6-16(10-20-17)22-19(25)15-5-8-18(21-9-15)29(26,27)23(3)4/h5-10,13-14H,11-12H2,1-4H3,(H,22,25). The van der Waals surface area contributed by atoms with Gasteiger partial charge in [-0.15, -0.1) is 0 Å². The summed E-state index contributed by atoms with van der Waals surface area (Å²) in [5.74, 6) is 0.430. The molecule has 2 aromatic heterocycles. The third-order valence-corrected chi connectivity index (χ3v) is 6.22. The summed E-state index contributed by atoms with van der Waals surface area (Å²) >= 11 is 0. The van der Waals surface area contributed by atoms with Gasteiger partial charge in [-0.05, 0) is 38.1 Å². The van der Waals surface area contributed by atoms with Gasteiger partial charge in [0.1, 0.15) is 5.82 Å². The van der Waals surface area contributed by atoms with Crippen molar-refractivity contribution in [2.24, 2.45) is 0 Å². The number of hydrogen-bond donors (Lipinski definition) is 1. The summed E-state index contributed by atoms with van der Waals surface area (Å²) in [6.07, 6.45) is 3.10. The number of morpholine rings is 1. The highest BCUT2D eigenvalue weighted by molar-refractivity contribution is 7.89. The van der Waals surface area contributed by atoms with Gasteiger partial charge in [-0.3, -0.25) is 4.79 Å². The predicted octanol–water partition coefficient (Wildman–Crippen LogP) is 1.59. The molecule has 0 aromatic carbocycles. The molecule has 2 atom stereocenters. The molecule has 3 heterocycles. The van der Waals surface area contributed by atoms with Crippen LogP contribution in [0.5, 0.6) is 0 Å². The van der Waals surface area contributed by atoms with Crippen molar-refractivity contribution in [3.8, 4) is 0 Å². The first-order valence-electron chi connectivity index (χ1n) is 9.23. The maximum atomic E-state index is 12.4. The Kier molecular flexibility index (Phi) is 6.15. The summed E-state index contributed by atoms with van der Waals surface area (Å²) in [6.45, 7) is 5.58. The molecule has 9 nitrogen and oxygen atoms in total. The number of hydrogen-bond acceptors (Lipinski definition) is 7. The first-order valence-corrected chi connectivity index (χ1v) is 10.7. The third kappa shape index (κ3) is 4.89. The number of nitrogens with one attached hydrogen (secondary N) is 1. The summed E-state index contributed by atoms with van der Waals surface area (Å²) in [4.78, 5) is 22.9. The maximum absolute atomic E-state index is 12.4. The number of carbonyl (C=O) groups excluding carboxylic acids is 1. The molecular formula is C19H25N5O4S. The van der Waals surface area contributed by atoms with E-state index in [9.17, 15) is 13.2 Å². The molecule has 1 aliphatic heterocycles. The van der Waals surface area contributed by atoms with Crippen LogP contribution in [-0.4, -0.2) is 68.0 Å². The van der Waals surface area contributed by atoms with Crippen LogP contribution in [0.3, 0.4) is 0 Å². The van der Waals surface area contributed by atoms with Crippen molar-refractivity contribution in [2.45, 2.75) is 31.1 Å². The number of pyridine rings is 2. The lowest BCUT2D eigenvalue weighted by molar-refractivity contribution is -0.00545. The molecule has 2 unspecified atom stereocenters. The van der Waals surface area contributed by atoms with E-state index in [2.05, 4.69) is 20.2 Å². The minimum Gasteiger partial charge on any atom is -0.372 e. The molecule has 0 bridgehead atoms. The quantitative estimate of drug-likeness (QED) is 0.785. The monoisotopic (exact) mass is 419 g/mol. The Labute approximate surface area is 170 Å². The van der Waals surface area contributed by atoms with Gasteiger partial charge in [0, 0.05) is 33.4 Å². The van der Waals surface area contributed by atoms with Gasteiger partial charge in [0.2, 0.25) is 0 Å². The normalized spacial score (nSPS) is 20.0. The van der Waals surface area contributed by atoms with Crippen molar-refractivity contribution < 1.29 is 17.9 Å². The van der Waals surface area contributed by atoms with Crippen molar-refractivity contribution in [1.82, 2.24) is 14.3 Å². The number of ether oxygens (including phenoxy) is 1. The maximum Gasteiger partial charge on any atom is 0.260 e. The second-order valence-corrected chi connectivity index (χ2v) is 9.29. The van der Waals surface area contributed by atoms with Crippen LogP contribution in [-0.2, 0) is 14.8 Å². The first-order chi connectivity index (χ1) is 13.7. The van der Waals surface area contributed by atoms with Crippen LogP contribution in [0.1, 0.15) is 24.2 Å². The van der Waals surface area contributed by atoms with Crippen molar-refractivity contribution in [1.29, 1.82) is 0 Å². The molecule has 0 spiro atoms. The Hall–Kier alpha value is -2.56. The highest BCUT2D eigenvalue weighted by Crippen LogP contribution is 2.20. The Bertz CT molecular complexity index is 951. The molecule has 29 heavy (non-hydrogen) atoms. The smallest absolute Gasteiger partial charge is 0.260 e. The Morgan fingerprint density at radius 3 is 2.31 bits per heavy atom. The second kappa shape index (κ2) is 8.44. The van der Waals surface area contributed by atoms with E-state index in [1.165, 1.54) is 32.4 Å². The summed E-state index contributed by atoms with van der Waals surface area (Å²) in [6, 6.07) is 6.37. The summed E-state index contributed by atoms with van der Waals surface area (Å²) in [5.41, 5.74) is 0.792. The van der Waals surface area contributed by atoms with E-state index in [1.807, 2.05) is 19.9 Å². The average Bonchev–Trinajstić information content (AvgIpc) is 2.67. The zero-order valence-electron chi connectivity index (χ0n) is 16.9. The van der Waals surface area contributed by atoms with Crippen LogP contribution in [0.15, 0.2) is 41.7 Å². The fourth-order valence-corrected chi connectivity index (χ4v) is 3.87. The highest BCUT2D eigenvalue weighted by atomic mass is 32.2. The molecule has 3 rings (SSSR count).